The van der Waals surface area contributed by atoms with Gasteiger partial charge in [-0.05, 0) is 32.0 Å². The van der Waals surface area contributed by atoms with Crippen molar-refractivity contribution in [1.29, 1.82) is 0 Å². The van der Waals surface area contributed by atoms with Crippen LogP contribution in [0.5, 0.6) is 0 Å². The maximum atomic E-state index is 13.3. The van der Waals surface area contributed by atoms with Crippen LogP contribution >= 0.6 is 15.9 Å². The summed E-state index contributed by atoms with van der Waals surface area (Å²) < 4.78 is 23.3. The lowest BCUT2D eigenvalue weighted by Crippen LogP contribution is -2.20. The molecule has 1 rings (SSSR count). The lowest BCUT2D eigenvalue weighted by molar-refractivity contribution is -0.150. The molecule has 98 valence electrons. The molecule has 0 unspecified atom stereocenters. The Morgan fingerprint density at radius 3 is 2.67 bits per heavy atom. The molecule has 0 aliphatic carbocycles. The first kappa shape index (κ1) is 14.6. The van der Waals surface area contributed by atoms with Gasteiger partial charge in [-0.3, -0.25) is 0 Å². The molecule has 0 spiro atoms. The molecule has 0 saturated carbocycles. The first-order valence-corrected chi connectivity index (χ1v) is 6.01. The second kappa shape index (κ2) is 6.49. The summed E-state index contributed by atoms with van der Waals surface area (Å²) in [6.45, 7) is 2.81. The Kier molecular flexibility index (Phi) is 5.27. The number of benzene rings is 1. The van der Waals surface area contributed by atoms with Gasteiger partial charge in [-0.25, -0.2) is 14.0 Å². The Labute approximate surface area is 112 Å². The van der Waals surface area contributed by atoms with Crippen LogP contribution in [0.15, 0.2) is 22.7 Å². The first-order chi connectivity index (χ1) is 8.40. The van der Waals surface area contributed by atoms with Gasteiger partial charge in [-0.1, -0.05) is 15.9 Å². The lowest BCUT2D eigenvalue weighted by atomic mass is 10.2. The lowest BCUT2D eigenvalue weighted by Gasteiger charge is -2.08. The molecule has 4 nitrogen and oxygen atoms in total. The maximum Gasteiger partial charge on any atom is 0.344 e. The van der Waals surface area contributed by atoms with Crippen LogP contribution in [0.1, 0.15) is 24.2 Å². The third-order valence-corrected chi connectivity index (χ3v) is 2.33. The molecule has 0 saturated heterocycles. The molecule has 0 aromatic heterocycles. The highest BCUT2D eigenvalue weighted by Gasteiger charge is 2.16. The number of rotatable bonds is 4. The third kappa shape index (κ3) is 4.44. The maximum absolute atomic E-state index is 13.3. The molecule has 18 heavy (non-hydrogen) atoms. The van der Waals surface area contributed by atoms with E-state index in [1.165, 1.54) is 12.1 Å². The summed E-state index contributed by atoms with van der Waals surface area (Å²) in [5.41, 5.74) is -0.235. The molecule has 0 aliphatic heterocycles. The number of hydrogen-bond acceptors (Lipinski definition) is 4. The second-order valence-corrected chi connectivity index (χ2v) is 4.65. The summed E-state index contributed by atoms with van der Waals surface area (Å²) in [7, 11) is 0. The number of ether oxygens (including phenoxy) is 2. The van der Waals surface area contributed by atoms with E-state index in [-0.39, 0.29) is 11.7 Å². The van der Waals surface area contributed by atoms with Crippen molar-refractivity contribution in [2.24, 2.45) is 0 Å². The summed E-state index contributed by atoms with van der Waals surface area (Å²) in [4.78, 5) is 22.7. The summed E-state index contributed by atoms with van der Waals surface area (Å²) in [6.07, 6.45) is -0.293. The van der Waals surface area contributed by atoms with Gasteiger partial charge >= 0.3 is 11.9 Å². The van der Waals surface area contributed by atoms with E-state index in [1.807, 2.05) is 0 Å². The Balaban J connectivity index is 2.60. The van der Waals surface area contributed by atoms with Crippen LogP contribution in [0.2, 0.25) is 0 Å². The summed E-state index contributed by atoms with van der Waals surface area (Å²) >= 11 is 3.11. The van der Waals surface area contributed by atoms with Crippen molar-refractivity contribution >= 4 is 27.9 Å². The third-order valence-electron chi connectivity index (χ3n) is 1.84. The minimum absolute atomic E-state index is 0.235. The SMILES string of the molecule is CC(C)OC(=O)COC(=O)c1cc(Br)ccc1F. The average molecular weight is 319 g/mol. The van der Waals surface area contributed by atoms with Gasteiger partial charge < -0.3 is 9.47 Å². The van der Waals surface area contributed by atoms with E-state index in [9.17, 15) is 14.0 Å². The number of esters is 2. The molecule has 0 heterocycles. The number of hydrogen-bond donors (Lipinski definition) is 0. The van der Waals surface area contributed by atoms with Crippen molar-refractivity contribution in [2.45, 2.75) is 20.0 Å². The molecule has 6 heteroatoms. The van der Waals surface area contributed by atoms with Crippen molar-refractivity contribution in [1.82, 2.24) is 0 Å². The topological polar surface area (TPSA) is 52.6 Å². The van der Waals surface area contributed by atoms with Crippen molar-refractivity contribution in [3.05, 3.63) is 34.1 Å². The highest BCUT2D eigenvalue weighted by atomic mass is 79.9. The van der Waals surface area contributed by atoms with Gasteiger partial charge in [-0.2, -0.15) is 0 Å². The van der Waals surface area contributed by atoms with E-state index in [1.54, 1.807) is 13.8 Å². The van der Waals surface area contributed by atoms with Crippen LogP contribution < -0.4 is 0 Å². The predicted molar refractivity (Wildman–Crippen MR) is 65.6 cm³/mol. The first-order valence-electron chi connectivity index (χ1n) is 5.22. The van der Waals surface area contributed by atoms with E-state index >= 15 is 0 Å². The fourth-order valence-corrected chi connectivity index (χ4v) is 1.51. The summed E-state index contributed by atoms with van der Waals surface area (Å²) in [5.74, 6) is -2.29. The summed E-state index contributed by atoms with van der Waals surface area (Å²) in [5, 5.41) is 0. The van der Waals surface area contributed by atoms with E-state index in [0.717, 1.165) is 6.07 Å². The second-order valence-electron chi connectivity index (χ2n) is 3.74. The molecule has 0 radical (unpaired) electrons. The molecule has 0 atom stereocenters. The average Bonchev–Trinajstić information content (AvgIpc) is 2.28. The van der Waals surface area contributed by atoms with Crippen LogP contribution in [0.3, 0.4) is 0 Å². The van der Waals surface area contributed by atoms with Gasteiger partial charge in [0.1, 0.15) is 5.82 Å². The molecule has 1 aromatic carbocycles. The standard InChI is InChI=1S/C12H12BrFO4/c1-7(2)18-11(15)6-17-12(16)9-5-8(13)3-4-10(9)14/h3-5,7H,6H2,1-2H3. The molecule has 1 aromatic rings. The Bertz CT molecular complexity index is 459. The van der Waals surface area contributed by atoms with Gasteiger partial charge in [0, 0.05) is 4.47 Å². The van der Waals surface area contributed by atoms with Gasteiger partial charge in [0.05, 0.1) is 11.7 Å². The highest BCUT2D eigenvalue weighted by Crippen LogP contribution is 2.16. The fraction of sp³-hybridized carbons (Fsp3) is 0.333. The zero-order chi connectivity index (χ0) is 13.7. The minimum Gasteiger partial charge on any atom is -0.460 e. The Hall–Kier alpha value is -1.43. The zero-order valence-electron chi connectivity index (χ0n) is 9.91. The quantitative estimate of drug-likeness (QED) is 0.801. The largest absolute Gasteiger partial charge is 0.460 e. The van der Waals surface area contributed by atoms with Gasteiger partial charge in [0.25, 0.3) is 0 Å². The van der Waals surface area contributed by atoms with Gasteiger partial charge in [0.15, 0.2) is 6.61 Å². The predicted octanol–water partition coefficient (Wildman–Crippen LogP) is 2.70. The van der Waals surface area contributed by atoms with Crippen molar-refractivity contribution in [3.8, 4) is 0 Å². The molecule has 0 fully saturated rings. The smallest absolute Gasteiger partial charge is 0.344 e. The van der Waals surface area contributed by atoms with Crippen LogP contribution in [0.4, 0.5) is 4.39 Å². The van der Waals surface area contributed by atoms with Gasteiger partial charge in [-0.15, -0.1) is 0 Å². The molecule has 0 amide bonds. The minimum atomic E-state index is -0.908. The highest BCUT2D eigenvalue weighted by molar-refractivity contribution is 9.10. The fourth-order valence-electron chi connectivity index (χ4n) is 1.15. The number of carbonyl (C=O) groups is 2. The van der Waals surface area contributed by atoms with E-state index < -0.39 is 24.4 Å². The van der Waals surface area contributed by atoms with Crippen molar-refractivity contribution in [3.63, 3.8) is 0 Å². The Morgan fingerprint density at radius 1 is 1.39 bits per heavy atom. The summed E-state index contributed by atoms with van der Waals surface area (Å²) in [6, 6.07) is 3.87. The zero-order valence-corrected chi connectivity index (χ0v) is 11.5. The Morgan fingerprint density at radius 2 is 2.06 bits per heavy atom. The van der Waals surface area contributed by atoms with E-state index in [4.69, 9.17) is 4.74 Å². The molecular weight excluding hydrogens is 307 g/mol. The molecule has 0 aliphatic rings. The van der Waals surface area contributed by atoms with Crippen LogP contribution in [-0.4, -0.2) is 24.6 Å². The van der Waals surface area contributed by atoms with Gasteiger partial charge in [0.2, 0.25) is 0 Å². The molecule has 0 bridgehead atoms. The normalized spacial score (nSPS) is 10.3. The van der Waals surface area contributed by atoms with Crippen LogP contribution in [0.25, 0.3) is 0 Å². The van der Waals surface area contributed by atoms with E-state index in [0.29, 0.717) is 4.47 Å². The van der Waals surface area contributed by atoms with Crippen LogP contribution in [-0.2, 0) is 14.3 Å². The van der Waals surface area contributed by atoms with E-state index in [2.05, 4.69) is 20.7 Å². The van der Waals surface area contributed by atoms with Crippen molar-refractivity contribution in [2.75, 3.05) is 6.61 Å². The molecule has 0 N–H and O–H groups in total. The van der Waals surface area contributed by atoms with Crippen LogP contribution in [0, 0.1) is 5.82 Å². The monoisotopic (exact) mass is 318 g/mol. The number of carbonyl (C=O) groups excluding carboxylic acids is 2. The molecular formula is C12H12BrFO4. The number of halogens is 2. The van der Waals surface area contributed by atoms with Crippen molar-refractivity contribution < 1.29 is 23.5 Å².